The molecule has 0 radical (unpaired) electrons. The Morgan fingerprint density at radius 1 is 1.18 bits per heavy atom. The molecule has 196 valence electrons. The van der Waals surface area contributed by atoms with Gasteiger partial charge in [0.25, 0.3) is 5.56 Å². The Morgan fingerprint density at radius 3 is 2.58 bits per heavy atom. The maximum Gasteiger partial charge on any atom is 0.338 e. The molecule has 0 amide bonds. The van der Waals surface area contributed by atoms with Crippen LogP contribution in [0.5, 0.6) is 11.5 Å². The molecule has 10 heteroatoms. The Bertz CT molecular complexity index is 1630. The number of terminal acetylenes is 1. The van der Waals surface area contributed by atoms with E-state index in [1.165, 1.54) is 11.3 Å². The molecule has 0 saturated carbocycles. The molecule has 0 spiro atoms. The quantitative estimate of drug-likeness (QED) is 0.258. The summed E-state index contributed by atoms with van der Waals surface area (Å²) in [6.07, 6.45) is 7.13. The first-order valence-electron chi connectivity index (χ1n) is 11.8. The molecule has 2 heterocycles. The molecule has 0 bridgehead atoms. The van der Waals surface area contributed by atoms with Crippen LogP contribution in [0.1, 0.15) is 37.9 Å². The molecule has 3 aromatic rings. The van der Waals surface area contributed by atoms with Gasteiger partial charge in [0.1, 0.15) is 18.1 Å². The van der Waals surface area contributed by atoms with E-state index in [2.05, 4.69) is 42.8 Å². The number of fused-ring (bicyclic) bond motifs is 1. The molecule has 0 N–H and O–H groups in total. The first kappa shape index (κ1) is 27.9. The van der Waals surface area contributed by atoms with Crippen molar-refractivity contribution in [1.82, 2.24) is 4.57 Å². The topological polar surface area (TPSA) is 79.1 Å². The van der Waals surface area contributed by atoms with Crippen LogP contribution in [0.25, 0.3) is 6.08 Å². The van der Waals surface area contributed by atoms with Gasteiger partial charge in [0.2, 0.25) is 0 Å². The number of thiazole rings is 1. The minimum Gasteiger partial charge on any atom is -0.494 e. The number of hydrogen-bond donors (Lipinski definition) is 0. The molecule has 38 heavy (non-hydrogen) atoms. The lowest BCUT2D eigenvalue weighted by Crippen LogP contribution is -2.39. The third-order valence-corrected chi connectivity index (χ3v) is 7.68. The van der Waals surface area contributed by atoms with Crippen LogP contribution in [0.15, 0.2) is 66.4 Å². The van der Waals surface area contributed by atoms with Crippen molar-refractivity contribution in [1.29, 1.82) is 0 Å². The molecule has 7 nitrogen and oxygen atoms in total. The van der Waals surface area contributed by atoms with Gasteiger partial charge in [-0.2, -0.15) is 0 Å². The van der Waals surface area contributed by atoms with Gasteiger partial charge in [-0.25, -0.2) is 9.79 Å². The molecule has 1 aliphatic heterocycles. The van der Waals surface area contributed by atoms with Gasteiger partial charge in [0.05, 0.1) is 39.5 Å². The number of hydrogen-bond acceptors (Lipinski definition) is 7. The number of benzene rings is 2. The zero-order chi connectivity index (χ0) is 27.4. The fourth-order valence-corrected chi connectivity index (χ4v) is 6.52. The number of carbonyl (C=O) groups is 1. The lowest BCUT2D eigenvalue weighted by atomic mass is 9.96. The van der Waals surface area contributed by atoms with Crippen molar-refractivity contribution < 1.29 is 19.0 Å². The van der Waals surface area contributed by atoms with Crippen molar-refractivity contribution in [3.05, 3.63) is 87.4 Å². The Labute approximate surface area is 240 Å². The number of carbonyl (C=O) groups excluding carboxylic acids is 1. The van der Waals surface area contributed by atoms with Crippen LogP contribution in [0.4, 0.5) is 0 Å². The molecular weight excluding hydrogens is 636 g/mol. The van der Waals surface area contributed by atoms with Gasteiger partial charge >= 0.3 is 5.97 Å². The maximum atomic E-state index is 13.9. The van der Waals surface area contributed by atoms with E-state index in [4.69, 9.17) is 20.6 Å². The van der Waals surface area contributed by atoms with E-state index in [1.807, 2.05) is 43.3 Å². The fourth-order valence-electron chi connectivity index (χ4n) is 4.11. The fraction of sp³-hybridized carbons (Fsp3) is 0.250. The van der Waals surface area contributed by atoms with E-state index in [1.54, 1.807) is 24.5 Å². The van der Waals surface area contributed by atoms with Gasteiger partial charge in [-0.05, 0) is 72.6 Å². The molecule has 0 aliphatic carbocycles. The standard InChI is InChI=1S/C28H24Br2N2O5S/c1-5-12-37-25-18(13-19(29)15-21(25)30)14-22-26(33)32-24(17-8-10-20(11-9-17)35-6-2)23(27(34)36-7-3)16(4)31-28(32)38-22/h1,8-11,13-15,24H,6-7,12H2,2-4H3/b22-14-/t24-/m1/s1. The smallest absolute Gasteiger partial charge is 0.338 e. The highest BCUT2D eigenvalue weighted by atomic mass is 79.9. The number of esters is 1. The summed E-state index contributed by atoms with van der Waals surface area (Å²) in [7, 11) is 0. The van der Waals surface area contributed by atoms with E-state index in [-0.39, 0.29) is 18.8 Å². The maximum absolute atomic E-state index is 13.9. The number of allylic oxidation sites excluding steroid dienone is 1. The number of rotatable bonds is 8. The van der Waals surface area contributed by atoms with Crippen LogP contribution in [0.3, 0.4) is 0 Å². The van der Waals surface area contributed by atoms with Gasteiger partial charge in [-0.15, -0.1) is 6.42 Å². The highest BCUT2D eigenvalue weighted by Gasteiger charge is 2.33. The third-order valence-electron chi connectivity index (χ3n) is 5.65. The Hall–Kier alpha value is -3.13. The molecule has 1 aromatic heterocycles. The normalized spacial score (nSPS) is 14.9. The molecular formula is C28H24Br2N2O5S. The molecule has 1 aliphatic rings. The first-order valence-corrected chi connectivity index (χ1v) is 14.2. The van der Waals surface area contributed by atoms with Gasteiger partial charge in [-0.1, -0.05) is 45.3 Å². The van der Waals surface area contributed by atoms with E-state index in [9.17, 15) is 9.59 Å². The molecule has 0 saturated heterocycles. The van der Waals surface area contributed by atoms with E-state index in [0.29, 0.717) is 48.7 Å². The monoisotopic (exact) mass is 658 g/mol. The van der Waals surface area contributed by atoms with Crippen molar-refractivity contribution in [2.24, 2.45) is 4.99 Å². The average Bonchev–Trinajstić information content (AvgIpc) is 3.17. The number of nitrogens with zero attached hydrogens (tertiary/aromatic N) is 2. The summed E-state index contributed by atoms with van der Waals surface area (Å²) >= 11 is 8.24. The highest BCUT2D eigenvalue weighted by Crippen LogP contribution is 2.34. The van der Waals surface area contributed by atoms with Crippen molar-refractivity contribution >= 4 is 55.2 Å². The minimum absolute atomic E-state index is 0.0716. The number of ether oxygens (including phenoxy) is 3. The van der Waals surface area contributed by atoms with Crippen LogP contribution in [0.2, 0.25) is 0 Å². The third kappa shape index (κ3) is 5.65. The van der Waals surface area contributed by atoms with Crippen LogP contribution < -0.4 is 24.4 Å². The van der Waals surface area contributed by atoms with E-state index < -0.39 is 12.0 Å². The van der Waals surface area contributed by atoms with Crippen molar-refractivity contribution in [2.45, 2.75) is 26.8 Å². The summed E-state index contributed by atoms with van der Waals surface area (Å²) in [5, 5.41) is 0. The second-order valence-corrected chi connectivity index (χ2v) is 10.9. The zero-order valence-electron chi connectivity index (χ0n) is 20.9. The molecule has 0 unspecified atom stereocenters. The van der Waals surface area contributed by atoms with Gasteiger partial charge in [0.15, 0.2) is 4.80 Å². The molecule has 1 atom stereocenters. The van der Waals surface area contributed by atoms with Crippen molar-refractivity contribution in [3.8, 4) is 23.8 Å². The van der Waals surface area contributed by atoms with Gasteiger partial charge in [-0.3, -0.25) is 9.36 Å². The SMILES string of the molecule is C#CCOc1c(Br)cc(Br)cc1/C=c1\sc2n(c1=O)[C@H](c1ccc(OCC)cc1)C(C(=O)OCC)=C(C)N=2. The van der Waals surface area contributed by atoms with Crippen LogP contribution >= 0.6 is 43.2 Å². The Kier molecular flexibility index (Phi) is 8.92. The summed E-state index contributed by atoms with van der Waals surface area (Å²) in [4.78, 5) is 32.1. The lowest BCUT2D eigenvalue weighted by molar-refractivity contribution is -0.139. The van der Waals surface area contributed by atoms with Crippen molar-refractivity contribution in [3.63, 3.8) is 0 Å². The summed E-state index contributed by atoms with van der Waals surface area (Å²) in [5.74, 6) is 3.16. The first-order chi connectivity index (χ1) is 18.3. The molecule has 2 aromatic carbocycles. The predicted octanol–water partition coefficient (Wildman–Crippen LogP) is 4.73. The van der Waals surface area contributed by atoms with Crippen LogP contribution in [-0.4, -0.2) is 30.4 Å². The second-order valence-electron chi connectivity index (χ2n) is 8.10. The van der Waals surface area contributed by atoms with Crippen molar-refractivity contribution in [2.75, 3.05) is 19.8 Å². The zero-order valence-corrected chi connectivity index (χ0v) is 24.9. The second kappa shape index (κ2) is 12.2. The minimum atomic E-state index is -0.713. The van der Waals surface area contributed by atoms with E-state index in [0.717, 1.165) is 10.0 Å². The summed E-state index contributed by atoms with van der Waals surface area (Å²) in [6, 6.07) is 10.3. The lowest BCUT2D eigenvalue weighted by Gasteiger charge is -2.24. The van der Waals surface area contributed by atoms with Gasteiger partial charge < -0.3 is 14.2 Å². The average molecular weight is 660 g/mol. The van der Waals surface area contributed by atoms with E-state index >= 15 is 0 Å². The van der Waals surface area contributed by atoms with Crippen LogP contribution in [-0.2, 0) is 9.53 Å². The summed E-state index contributed by atoms with van der Waals surface area (Å²) in [6.45, 7) is 6.20. The Balaban J connectivity index is 1.94. The molecule has 4 rings (SSSR count). The summed E-state index contributed by atoms with van der Waals surface area (Å²) in [5.41, 5.74) is 1.92. The number of aromatic nitrogens is 1. The van der Waals surface area contributed by atoms with Gasteiger partial charge in [0, 0.05) is 10.0 Å². The molecule has 0 fully saturated rings. The highest BCUT2D eigenvalue weighted by molar-refractivity contribution is 9.11. The predicted molar refractivity (Wildman–Crippen MR) is 154 cm³/mol. The largest absolute Gasteiger partial charge is 0.494 e. The Morgan fingerprint density at radius 2 is 1.92 bits per heavy atom. The number of halogens is 2. The summed E-state index contributed by atoms with van der Waals surface area (Å²) < 4.78 is 20.1. The van der Waals surface area contributed by atoms with Crippen LogP contribution in [0, 0.1) is 12.3 Å².